The van der Waals surface area contributed by atoms with Crippen LogP contribution in [0.25, 0.3) is 0 Å². The van der Waals surface area contributed by atoms with Gasteiger partial charge in [-0.15, -0.1) is 0 Å². The van der Waals surface area contributed by atoms with E-state index in [0.29, 0.717) is 10.7 Å². The van der Waals surface area contributed by atoms with Crippen LogP contribution >= 0.6 is 11.6 Å². The van der Waals surface area contributed by atoms with Gasteiger partial charge in [-0.1, -0.05) is 23.7 Å². The zero-order valence-electron chi connectivity index (χ0n) is 10.8. The Morgan fingerprint density at radius 2 is 1.95 bits per heavy atom. The van der Waals surface area contributed by atoms with E-state index >= 15 is 0 Å². The van der Waals surface area contributed by atoms with Crippen molar-refractivity contribution in [1.82, 2.24) is 0 Å². The first-order valence-electron chi connectivity index (χ1n) is 5.39. The van der Waals surface area contributed by atoms with Crippen molar-refractivity contribution in [2.45, 2.75) is 6.92 Å². The fourth-order valence-corrected chi connectivity index (χ4v) is 1.50. The lowest BCUT2D eigenvalue weighted by Gasteiger charge is -2.11. The molecule has 0 spiro atoms. The van der Waals surface area contributed by atoms with E-state index in [1.807, 2.05) is 13.0 Å². The van der Waals surface area contributed by atoms with Crippen molar-refractivity contribution in [2.24, 2.45) is 0 Å². The van der Waals surface area contributed by atoms with Crippen molar-refractivity contribution in [3.63, 3.8) is 0 Å². The fraction of sp³-hybridized carbons (Fsp3) is 0.231. The highest BCUT2D eigenvalue weighted by molar-refractivity contribution is 6.34. The molecule has 0 aliphatic rings. The molecule has 0 aliphatic heterocycles. The largest absolute Gasteiger partial charge is 0.466 e. The maximum absolute atomic E-state index is 11.6. The van der Waals surface area contributed by atoms with E-state index in [9.17, 15) is 9.59 Å². The second kappa shape index (κ2) is 6.80. The van der Waals surface area contributed by atoms with Crippen LogP contribution in [0.3, 0.4) is 0 Å². The first-order chi connectivity index (χ1) is 8.99. The van der Waals surface area contributed by atoms with E-state index in [-0.39, 0.29) is 5.70 Å². The third-order valence-electron chi connectivity index (χ3n) is 2.33. The Kier molecular flexibility index (Phi) is 5.38. The highest BCUT2D eigenvalue weighted by Gasteiger charge is 2.14. The molecule has 6 heteroatoms. The molecule has 1 rings (SSSR count). The summed E-state index contributed by atoms with van der Waals surface area (Å²) in [6.07, 6.45) is 1.00. The van der Waals surface area contributed by atoms with Crippen molar-refractivity contribution in [2.75, 3.05) is 19.5 Å². The van der Waals surface area contributed by atoms with Crippen LogP contribution in [0.15, 0.2) is 30.0 Å². The van der Waals surface area contributed by atoms with Crippen LogP contribution in [0.1, 0.15) is 5.56 Å². The molecule has 0 heterocycles. The lowest BCUT2D eigenvalue weighted by atomic mass is 10.2. The summed E-state index contributed by atoms with van der Waals surface area (Å²) in [6.45, 7) is 1.83. The van der Waals surface area contributed by atoms with E-state index in [1.165, 1.54) is 14.2 Å². The zero-order valence-corrected chi connectivity index (χ0v) is 11.6. The molecule has 0 fully saturated rings. The van der Waals surface area contributed by atoms with Gasteiger partial charge in [0, 0.05) is 0 Å². The highest BCUT2D eigenvalue weighted by Crippen LogP contribution is 2.26. The maximum atomic E-state index is 11.6. The zero-order chi connectivity index (χ0) is 14.4. The average Bonchev–Trinajstić information content (AvgIpc) is 2.41. The third-order valence-corrected chi connectivity index (χ3v) is 2.83. The molecular formula is C13H14ClNO4. The predicted octanol–water partition coefficient (Wildman–Crippen LogP) is 2.29. The summed E-state index contributed by atoms with van der Waals surface area (Å²) in [6, 6.07) is 5.29. The van der Waals surface area contributed by atoms with Crippen LogP contribution < -0.4 is 5.32 Å². The summed E-state index contributed by atoms with van der Waals surface area (Å²) in [5, 5.41) is 3.22. The van der Waals surface area contributed by atoms with Gasteiger partial charge >= 0.3 is 11.9 Å². The Morgan fingerprint density at radius 3 is 2.53 bits per heavy atom. The van der Waals surface area contributed by atoms with E-state index in [2.05, 4.69) is 14.8 Å². The minimum absolute atomic E-state index is 0.0538. The van der Waals surface area contributed by atoms with Crippen molar-refractivity contribution in [3.05, 3.63) is 40.6 Å². The molecule has 102 valence electrons. The Hall–Kier alpha value is -2.01. The summed E-state index contributed by atoms with van der Waals surface area (Å²) in [7, 11) is 2.43. The number of rotatable bonds is 4. The first kappa shape index (κ1) is 15.0. The van der Waals surface area contributed by atoms with Crippen LogP contribution in [0.4, 0.5) is 5.69 Å². The van der Waals surface area contributed by atoms with E-state index < -0.39 is 11.9 Å². The van der Waals surface area contributed by atoms with Gasteiger partial charge in [-0.05, 0) is 18.6 Å². The number of halogens is 1. The third kappa shape index (κ3) is 3.99. The summed E-state index contributed by atoms with van der Waals surface area (Å²) in [4.78, 5) is 22.8. The molecule has 0 atom stereocenters. The number of benzene rings is 1. The topological polar surface area (TPSA) is 64.6 Å². The lowest BCUT2D eigenvalue weighted by molar-refractivity contribution is -0.138. The molecule has 0 aliphatic carbocycles. The second-order valence-corrected chi connectivity index (χ2v) is 4.01. The Labute approximate surface area is 116 Å². The number of esters is 2. The molecule has 19 heavy (non-hydrogen) atoms. The van der Waals surface area contributed by atoms with Gasteiger partial charge in [-0.3, -0.25) is 0 Å². The summed E-state index contributed by atoms with van der Waals surface area (Å²) < 4.78 is 9.05. The Morgan fingerprint density at radius 1 is 1.26 bits per heavy atom. The number of carbonyl (C=O) groups is 2. The van der Waals surface area contributed by atoms with Crippen molar-refractivity contribution in [1.29, 1.82) is 0 Å². The van der Waals surface area contributed by atoms with Crippen molar-refractivity contribution in [3.8, 4) is 0 Å². The number of aryl methyl sites for hydroxylation is 1. The van der Waals surface area contributed by atoms with Crippen LogP contribution in [0, 0.1) is 6.92 Å². The van der Waals surface area contributed by atoms with Gasteiger partial charge in [0.15, 0.2) is 0 Å². The van der Waals surface area contributed by atoms with Crippen LogP contribution in [0.5, 0.6) is 0 Å². The summed E-state index contributed by atoms with van der Waals surface area (Å²) in [5.41, 5.74) is 1.29. The number of ether oxygens (including phenoxy) is 2. The summed E-state index contributed by atoms with van der Waals surface area (Å²) in [5.74, 6) is -1.36. The minimum atomic E-state index is -0.692. The van der Waals surface area contributed by atoms with E-state index in [1.54, 1.807) is 12.1 Å². The quantitative estimate of drug-likeness (QED) is 0.678. The molecule has 5 nitrogen and oxygen atoms in total. The molecule has 1 aromatic carbocycles. The number of carbonyl (C=O) groups excluding carboxylic acids is 2. The van der Waals surface area contributed by atoms with Crippen LogP contribution in [0.2, 0.25) is 5.02 Å². The van der Waals surface area contributed by atoms with Crippen LogP contribution in [-0.4, -0.2) is 26.2 Å². The molecule has 0 aromatic heterocycles. The first-order valence-corrected chi connectivity index (χ1v) is 5.77. The van der Waals surface area contributed by atoms with Crippen molar-refractivity contribution < 1.29 is 19.1 Å². The smallest absolute Gasteiger partial charge is 0.354 e. The maximum Gasteiger partial charge on any atom is 0.354 e. The normalized spacial score (nSPS) is 10.8. The molecule has 0 radical (unpaired) electrons. The lowest BCUT2D eigenvalue weighted by Crippen LogP contribution is -2.15. The van der Waals surface area contributed by atoms with Crippen molar-refractivity contribution >= 4 is 29.2 Å². The standard InChI is InChI=1S/C13H14ClNO4/c1-8-5-4-6-9(12(8)14)15-10(13(17)19-3)7-11(16)18-2/h4-7,15H,1-3H3/b10-7+. The SMILES string of the molecule is COC(=O)/C=C(/Nc1cccc(C)c1Cl)C(=O)OC. The predicted molar refractivity (Wildman–Crippen MR) is 71.9 cm³/mol. The van der Waals surface area contributed by atoms with E-state index in [4.69, 9.17) is 11.6 Å². The fourth-order valence-electron chi connectivity index (χ4n) is 1.32. The number of hydrogen-bond acceptors (Lipinski definition) is 5. The molecule has 0 amide bonds. The monoisotopic (exact) mass is 283 g/mol. The van der Waals surface area contributed by atoms with E-state index in [0.717, 1.165) is 11.6 Å². The molecule has 0 bridgehead atoms. The number of anilines is 1. The highest BCUT2D eigenvalue weighted by atomic mass is 35.5. The summed E-state index contributed by atoms with van der Waals surface area (Å²) >= 11 is 6.10. The molecule has 0 saturated carbocycles. The average molecular weight is 284 g/mol. The molecule has 0 unspecified atom stereocenters. The van der Waals surface area contributed by atoms with Gasteiger partial charge in [-0.25, -0.2) is 9.59 Å². The van der Waals surface area contributed by atoms with Gasteiger partial charge in [0.25, 0.3) is 0 Å². The number of hydrogen-bond donors (Lipinski definition) is 1. The van der Waals surface area contributed by atoms with Gasteiger partial charge in [-0.2, -0.15) is 0 Å². The van der Waals surface area contributed by atoms with Gasteiger partial charge < -0.3 is 14.8 Å². The Balaban J connectivity index is 3.08. The van der Waals surface area contributed by atoms with Gasteiger partial charge in [0.1, 0.15) is 5.70 Å². The molecule has 1 N–H and O–H groups in total. The number of methoxy groups -OCH3 is 2. The minimum Gasteiger partial charge on any atom is -0.466 e. The van der Waals surface area contributed by atoms with Gasteiger partial charge in [0.2, 0.25) is 0 Å². The van der Waals surface area contributed by atoms with Gasteiger partial charge in [0.05, 0.1) is 31.0 Å². The van der Waals surface area contributed by atoms with Crippen LogP contribution in [-0.2, 0) is 19.1 Å². The number of nitrogens with one attached hydrogen (secondary N) is 1. The molecule has 1 aromatic rings. The Bertz CT molecular complexity index is 525. The molecule has 0 saturated heterocycles. The molecular weight excluding hydrogens is 270 g/mol. The second-order valence-electron chi connectivity index (χ2n) is 3.63.